The van der Waals surface area contributed by atoms with Crippen LogP contribution in [0.3, 0.4) is 0 Å². The highest BCUT2D eigenvalue weighted by molar-refractivity contribution is 5.24. The molecule has 0 radical (unpaired) electrons. The number of nitrogens with zero attached hydrogens (tertiary/aromatic N) is 1. The summed E-state index contributed by atoms with van der Waals surface area (Å²) in [6.07, 6.45) is 3.99. The quantitative estimate of drug-likeness (QED) is 0.869. The van der Waals surface area contributed by atoms with Crippen LogP contribution in [0.4, 0.5) is 4.39 Å². The summed E-state index contributed by atoms with van der Waals surface area (Å²) >= 11 is 0. The van der Waals surface area contributed by atoms with Crippen LogP contribution < -0.4 is 5.73 Å². The third-order valence-electron chi connectivity index (χ3n) is 4.25. The summed E-state index contributed by atoms with van der Waals surface area (Å²) in [4.78, 5) is 2.44. The molecule has 1 aliphatic carbocycles. The normalized spacial score (nSPS) is 27.9. The topological polar surface area (TPSA) is 29.3 Å². The average Bonchev–Trinajstić information content (AvgIpc) is 2.93. The maximum Gasteiger partial charge on any atom is 0.128 e. The summed E-state index contributed by atoms with van der Waals surface area (Å²) in [5.74, 6) is 0.766. The number of hydrogen-bond acceptors (Lipinski definition) is 2. The molecule has 0 spiro atoms. The van der Waals surface area contributed by atoms with Gasteiger partial charge in [0.2, 0.25) is 0 Å². The Morgan fingerprint density at radius 2 is 2.24 bits per heavy atom. The van der Waals surface area contributed by atoms with Gasteiger partial charge in [0.15, 0.2) is 0 Å². The van der Waals surface area contributed by atoms with E-state index >= 15 is 0 Å². The molecule has 2 fully saturated rings. The van der Waals surface area contributed by atoms with Gasteiger partial charge in [0.1, 0.15) is 5.82 Å². The Labute approximate surface area is 102 Å². The molecule has 2 N–H and O–H groups in total. The molecular weight excluding hydrogens is 215 g/mol. The SMILES string of the molecule is NCc1ccc(CN2CC3CCC2C3)c(F)c1. The van der Waals surface area contributed by atoms with E-state index in [1.165, 1.54) is 19.3 Å². The van der Waals surface area contributed by atoms with Crippen molar-refractivity contribution in [2.24, 2.45) is 11.7 Å². The fraction of sp³-hybridized carbons (Fsp3) is 0.571. The molecule has 1 aromatic rings. The van der Waals surface area contributed by atoms with Gasteiger partial charge >= 0.3 is 0 Å². The Morgan fingerprint density at radius 3 is 2.82 bits per heavy atom. The number of nitrogens with two attached hydrogens (primary N) is 1. The van der Waals surface area contributed by atoms with Crippen LogP contribution >= 0.6 is 0 Å². The van der Waals surface area contributed by atoms with Crippen molar-refractivity contribution in [2.45, 2.75) is 38.4 Å². The summed E-state index contributed by atoms with van der Waals surface area (Å²) in [6.45, 7) is 2.33. The minimum absolute atomic E-state index is 0.101. The van der Waals surface area contributed by atoms with E-state index in [1.54, 1.807) is 6.07 Å². The van der Waals surface area contributed by atoms with E-state index in [4.69, 9.17) is 5.73 Å². The first kappa shape index (κ1) is 11.2. The molecule has 0 aromatic heterocycles. The van der Waals surface area contributed by atoms with Crippen LogP contribution in [0.25, 0.3) is 0 Å². The lowest BCUT2D eigenvalue weighted by molar-refractivity contribution is 0.203. The Morgan fingerprint density at radius 1 is 1.35 bits per heavy atom. The van der Waals surface area contributed by atoms with Crippen LogP contribution in [0.15, 0.2) is 18.2 Å². The fourth-order valence-electron chi connectivity index (χ4n) is 3.29. The van der Waals surface area contributed by atoms with Gasteiger partial charge in [-0.15, -0.1) is 0 Å². The van der Waals surface area contributed by atoms with Crippen LogP contribution in [0.5, 0.6) is 0 Å². The summed E-state index contributed by atoms with van der Waals surface area (Å²) in [6, 6.07) is 6.11. The lowest BCUT2D eigenvalue weighted by atomic mass is 10.1. The second-order valence-electron chi connectivity index (χ2n) is 5.39. The third-order valence-corrected chi connectivity index (χ3v) is 4.25. The highest BCUT2D eigenvalue weighted by atomic mass is 19.1. The average molecular weight is 234 g/mol. The van der Waals surface area contributed by atoms with Gasteiger partial charge in [0.25, 0.3) is 0 Å². The van der Waals surface area contributed by atoms with Crippen molar-refractivity contribution in [3.63, 3.8) is 0 Å². The third kappa shape index (κ3) is 2.09. The van der Waals surface area contributed by atoms with E-state index < -0.39 is 0 Å². The summed E-state index contributed by atoms with van der Waals surface area (Å²) < 4.78 is 13.9. The van der Waals surface area contributed by atoms with E-state index in [-0.39, 0.29) is 5.82 Å². The second-order valence-corrected chi connectivity index (χ2v) is 5.39. The predicted molar refractivity (Wildman–Crippen MR) is 65.8 cm³/mol. The molecule has 1 aliphatic heterocycles. The molecule has 2 nitrogen and oxygen atoms in total. The molecule has 1 heterocycles. The summed E-state index contributed by atoms with van der Waals surface area (Å²) in [5.41, 5.74) is 7.19. The largest absolute Gasteiger partial charge is 0.326 e. The Bertz CT molecular complexity index is 419. The van der Waals surface area contributed by atoms with Gasteiger partial charge in [-0.05, 0) is 36.8 Å². The van der Waals surface area contributed by atoms with Crippen LogP contribution in [0.1, 0.15) is 30.4 Å². The Kier molecular flexibility index (Phi) is 2.89. The zero-order valence-corrected chi connectivity index (χ0v) is 10.0. The number of likely N-dealkylation sites (tertiary alicyclic amines) is 1. The molecular formula is C14H19FN2. The maximum absolute atomic E-state index is 13.9. The van der Waals surface area contributed by atoms with Crippen LogP contribution in [0.2, 0.25) is 0 Å². The molecule has 92 valence electrons. The van der Waals surface area contributed by atoms with Gasteiger partial charge < -0.3 is 5.73 Å². The minimum atomic E-state index is -0.101. The molecule has 3 heteroatoms. The van der Waals surface area contributed by atoms with Gasteiger partial charge in [-0.25, -0.2) is 4.39 Å². The van der Waals surface area contributed by atoms with E-state index in [0.29, 0.717) is 12.6 Å². The minimum Gasteiger partial charge on any atom is -0.326 e. The van der Waals surface area contributed by atoms with Crippen molar-refractivity contribution in [2.75, 3.05) is 6.54 Å². The van der Waals surface area contributed by atoms with Crippen LogP contribution in [0, 0.1) is 11.7 Å². The standard InChI is InChI=1S/C14H19FN2/c15-14-6-10(7-16)1-3-12(14)9-17-8-11-2-4-13(17)5-11/h1,3,6,11,13H,2,4-5,7-9,16H2. The highest BCUT2D eigenvalue weighted by Gasteiger charge is 2.37. The Balaban J connectivity index is 1.73. The molecule has 3 rings (SSSR count). The number of rotatable bonds is 3. The zero-order valence-electron chi connectivity index (χ0n) is 10.0. The molecule has 2 unspecified atom stereocenters. The second kappa shape index (κ2) is 4.39. The zero-order chi connectivity index (χ0) is 11.8. The smallest absolute Gasteiger partial charge is 0.128 e. The lowest BCUT2D eigenvalue weighted by Crippen LogP contribution is -2.31. The van der Waals surface area contributed by atoms with Gasteiger partial charge in [-0.2, -0.15) is 0 Å². The van der Waals surface area contributed by atoms with Crippen molar-refractivity contribution in [1.29, 1.82) is 0 Å². The molecule has 2 atom stereocenters. The van der Waals surface area contributed by atoms with Crippen LogP contribution in [-0.2, 0) is 13.1 Å². The lowest BCUT2D eigenvalue weighted by Gasteiger charge is -2.26. The highest BCUT2D eigenvalue weighted by Crippen LogP contribution is 2.38. The van der Waals surface area contributed by atoms with E-state index in [2.05, 4.69) is 4.90 Å². The van der Waals surface area contributed by atoms with E-state index in [0.717, 1.165) is 30.1 Å². The number of fused-ring (bicyclic) bond motifs is 2. The monoisotopic (exact) mass is 234 g/mol. The Hall–Kier alpha value is -0.930. The summed E-state index contributed by atoms with van der Waals surface area (Å²) in [5, 5.41) is 0. The van der Waals surface area contributed by atoms with Crippen molar-refractivity contribution in [3.8, 4) is 0 Å². The number of hydrogen-bond donors (Lipinski definition) is 1. The van der Waals surface area contributed by atoms with Crippen LogP contribution in [-0.4, -0.2) is 17.5 Å². The molecule has 1 saturated heterocycles. The van der Waals surface area contributed by atoms with Gasteiger partial charge in [0.05, 0.1) is 0 Å². The number of halogens is 1. The van der Waals surface area contributed by atoms with Crippen molar-refractivity contribution >= 4 is 0 Å². The van der Waals surface area contributed by atoms with Crippen molar-refractivity contribution < 1.29 is 4.39 Å². The molecule has 2 aliphatic rings. The molecule has 17 heavy (non-hydrogen) atoms. The maximum atomic E-state index is 13.9. The fourth-order valence-corrected chi connectivity index (χ4v) is 3.29. The van der Waals surface area contributed by atoms with E-state index in [9.17, 15) is 4.39 Å². The summed E-state index contributed by atoms with van der Waals surface area (Å²) in [7, 11) is 0. The molecule has 0 amide bonds. The number of piperidine rings is 1. The predicted octanol–water partition coefficient (Wildman–Crippen LogP) is 2.27. The van der Waals surface area contributed by atoms with Gasteiger partial charge in [-0.1, -0.05) is 12.1 Å². The molecule has 1 aromatic carbocycles. The van der Waals surface area contributed by atoms with Crippen molar-refractivity contribution in [1.82, 2.24) is 4.90 Å². The number of benzene rings is 1. The first-order valence-corrected chi connectivity index (χ1v) is 6.47. The van der Waals surface area contributed by atoms with E-state index in [1.807, 2.05) is 12.1 Å². The molecule has 2 bridgehead atoms. The first-order chi connectivity index (χ1) is 8.26. The van der Waals surface area contributed by atoms with Gasteiger partial charge in [-0.3, -0.25) is 4.90 Å². The van der Waals surface area contributed by atoms with Gasteiger partial charge in [0, 0.05) is 31.2 Å². The van der Waals surface area contributed by atoms with Crippen molar-refractivity contribution in [3.05, 3.63) is 35.1 Å². The molecule has 1 saturated carbocycles. The first-order valence-electron chi connectivity index (χ1n) is 6.47.